The van der Waals surface area contributed by atoms with E-state index >= 15 is 0 Å². The van der Waals surface area contributed by atoms with Gasteiger partial charge in [0.05, 0.1) is 17.0 Å². The van der Waals surface area contributed by atoms with Crippen LogP contribution in [0.3, 0.4) is 0 Å². The highest BCUT2D eigenvalue weighted by atomic mass is 19.4. The first-order chi connectivity index (χ1) is 16.2. The molecule has 1 aromatic heterocycles. The number of aromatic nitrogens is 1. The maximum Gasteiger partial charge on any atom is 0.416 e. The van der Waals surface area contributed by atoms with Crippen LogP contribution < -0.4 is 4.90 Å². The number of nitrogens with zero attached hydrogens (tertiary/aromatic N) is 3. The van der Waals surface area contributed by atoms with Crippen LogP contribution in [0, 0.1) is 18.3 Å². The molecule has 2 heterocycles. The fourth-order valence-corrected chi connectivity index (χ4v) is 3.57. The van der Waals surface area contributed by atoms with E-state index in [-0.39, 0.29) is 18.0 Å². The van der Waals surface area contributed by atoms with Crippen LogP contribution in [0.4, 0.5) is 19.0 Å². The third-order valence-electron chi connectivity index (χ3n) is 5.34. The third kappa shape index (κ3) is 6.07. The molecule has 182 valence electrons. The summed E-state index contributed by atoms with van der Waals surface area (Å²) in [4.78, 5) is 34.7. The molecule has 4 rings (SSSR count). The lowest BCUT2D eigenvalue weighted by molar-refractivity contribution is -0.137. The number of carbonyl (C=O) groups excluding carboxylic acids is 3. The van der Waals surface area contributed by atoms with Gasteiger partial charge in [-0.1, -0.05) is 20.3 Å². The molecule has 1 aromatic carbocycles. The first-order valence-corrected chi connectivity index (χ1v) is 10.6. The monoisotopic (exact) mass is 475 g/mol. The van der Waals surface area contributed by atoms with Crippen molar-refractivity contribution >= 4 is 25.3 Å². The second-order valence-corrected chi connectivity index (χ2v) is 7.84. The Labute approximate surface area is 197 Å². The van der Waals surface area contributed by atoms with Crippen LogP contribution in [0.1, 0.15) is 65.7 Å². The van der Waals surface area contributed by atoms with Gasteiger partial charge in [0.1, 0.15) is 19.4 Å². The van der Waals surface area contributed by atoms with Crippen LogP contribution in [-0.2, 0) is 27.6 Å². The van der Waals surface area contributed by atoms with Gasteiger partial charge in [0, 0.05) is 18.3 Å². The predicted molar refractivity (Wildman–Crippen MR) is 123 cm³/mol. The number of benzene rings is 1. The lowest BCUT2D eigenvalue weighted by Gasteiger charge is -2.29. The van der Waals surface area contributed by atoms with E-state index in [1.807, 2.05) is 26.6 Å². The van der Waals surface area contributed by atoms with Crippen molar-refractivity contribution in [3.63, 3.8) is 0 Å². The average Bonchev–Trinajstić information content (AvgIpc) is 3.63. The summed E-state index contributed by atoms with van der Waals surface area (Å²) in [6, 6.07) is 7.44. The number of anilines is 1. The van der Waals surface area contributed by atoms with Gasteiger partial charge in [-0.3, -0.25) is 9.69 Å². The Morgan fingerprint density at radius 2 is 1.74 bits per heavy atom. The van der Waals surface area contributed by atoms with Gasteiger partial charge < -0.3 is 9.59 Å². The number of halogens is 3. The molecule has 1 saturated carbocycles. The lowest BCUT2D eigenvalue weighted by Crippen LogP contribution is -2.38. The van der Waals surface area contributed by atoms with E-state index < -0.39 is 17.2 Å². The van der Waals surface area contributed by atoms with Crippen molar-refractivity contribution in [2.75, 3.05) is 11.4 Å². The van der Waals surface area contributed by atoms with Crippen molar-refractivity contribution in [2.45, 2.75) is 58.0 Å². The number of rotatable bonds is 2. The summed E-state index contributed by atoms with van der Waals surface area (Å²) >= 11 is 0. The van der Waals surface area contributed by atoms with Gasteiger partial charge in [0.2, 0.25) is 0 Å². The molecular formula is C25H28F3N3O3. The highest BCUT2D eigenvalue weighted by molar-refractivity contribution is 6.08. The molecule has 0 radical (unpaired) electrons. The quantitative estimate of drug-likeness (QED) is 0.594. The number of aryl methyl sites for hydroxylation is 1. The summed E-state index contributed by atoms with van der Waals surface area (Å²) in [5.41, 5.74) is 1.11. The van der Waals surface area contributed by atoms with Crippen molar-refractivity contribution in [3.8, 4) is 6.07 Å². The number of hydrogen-bond donors (Lipinski definition) is 0. The summed E-state index contributed by atoms with van der Waals surface area (Å²) in [6.45, 7) is 10.3. The van der Waals surface area contributed by atoms with E-state index in [1.54, 1.807) is 6.20 Å². The van der Waals surface area contributed by atoms with Gasteiger partial charge in [-0.25, -0.2) is 4.98 Å². The molecule has 6 nitrogen and oxygen atoms in total. The zero-order chi connectivity index (χ0) is 26.1. The molecule has 0 N–H and O–H groups in total. The van der Waals surface area contributed by atoms with Gasteiger partial charge in [-0.15, -0.1) is 0 Å². The SMILES string of the molecule is C=O.C=O.CCC.Cc1cc(C2(C#N)CC2)cnc1N1CCc2cc(C(F)(F)F)ccc2C1=O. The van der Waals surface area contributed by atoms with Gasteiger partial charge >= 0.3 is 6.18 Å². The molecule has 2 aromatic rings. The molecule has 0 saturated heterocycles. The Morgan fingerprint density at radius 1 is 1.15 bits per heavy atom. The van der Waals surface area contributed by atoms with Crippen molar-refractivity contribution in [3.05, 3.63) is 58.3 Å². The number of pyridine rings is 1. The fourth-order valence-electron chi connectivity index (χ4n) is 3.57. The van der Waals surface area contributed by atoms with Crippen molar-refractivity contribution < 1.29 is 27.6 Å². The number of fused-ring (bicyclic) bond motifs is 1. The molecule has 1 aliphatic heterocycles. The molecule has 2 aliphatic rings. The summed E-state index contributed by atoms with van der Waals surface area (Å²) in [7, 11) is 0. The standard InChI is InChI=1S/C20H16F3N3O.C3H8.2CH2O/c1-12-8-15(19(11-24)5-6-19)10-25-17(12)26-7-4-13-9-14(20(21,22)23)2-3-16(13)18(26)27;1-3-2;2*1-2/h2-3,8-10H,4-7H2,1H3;3H2,1-2H3;2*1H2. The minimum Gasteiger partial charge on any atom is -0.307 e. The van der Waals surface area contributed by atoms with Crippen molar-refractivity contribution in [2.24, 2.45) is 0 Å². The van der Waals surface area contributed by atoms with Crippen LogP contribution in [0.15, 0.2) is 30.5 Å². The molecule has 0 spiro atoms. The van der Waals surface area contributed by atoms with E-state index in [0.717, 1.165) is 36.1 Å². The molecule has 1 fully saturated rings. The minimum absolute atomic E-state index is 0.268. The normalized spacial score (nSPS) is 15.1. The summed E-state index contributed by atoms with van der Waals surface area (Å²) < 4.78 is 38.7. The second kappa shape index (κ2) is 12.1. The third-order valence-corrected chi connectivity index (χ3v) is 5.34. The van der Waals surface area contributed by atoms with Crippen LogP contribution in [0.2, 0.25) is 0 Å². The van der Waals surface area contributed by atoms with Gasteiger partial charge in [0.15, 0.2) is 0 Å². The van der Waals surface area contributed by atoms with E-state index in [4.69, 9.17) is 9.59 Å². The highest BCUT2D eigenvalue weighted by Crippen LogP contribution is 2.48. The molecule has 0 bridgehead atoms. The topological polar surface area (TPSA) is 91.1 Å². The highest BCUT2D eigenvalue weighted by Gasteiger charge is 2.45. The van der Waals surface area contributed by atoms with Crippen molar-refractivity contribution in [1.29, 1.82) is 5.26 Å². The minimum atomic E-state index is -4.43. The number of carbonyl (C=O) groups is 3. The van der Waals surface area contributed by atoms with Crippen LogP contribution in [0.25, 0.3) is 0 Å². The molecule has 1 amide bonds. The Kier molecular flexibility index (Phi) is 10.1. The molecule has 1 aliphatic carbocycles. The molecule has 34 heavy (non-hydrogen) atoms. The maximum atomic E-state index is 12.9. The fraction of sp³-hybridized carbons (Fsp3) is 0.400. The molecular weight excluding hydrogens is 447 g/mol. The first-order valence-electron chi connectivity index (χ1n) is 10.6. The van der Waals surface area contributed by atoms with Crippen LogP contribution in [0.5, 0.6) is 0 Å². The second-order valence-electron chi connectivity index (χ2n) is 7.84. The molecule has 0 atom stereocenters. The Morgan fingerprint density at radius 3 is 2.21 bits per heavy atom. The zero-order valence-electron chi connectivity index (χ0n) is 19.5. The van der Waals surface area contributed by atoms with Gasteiger partial charge in [-0.2, -0.15) is 18.4 Å². The van der Waals surface area contributed by atoms with Crippen LogP contribution >= 0.6 is 0 Å². The first kappa shape index (κ1) is 28.5. The number of alkyl halides is 3. The summed E-state index contributed by atoms with van der Waals surface area (Å²) in [5.74, 6) is 0.137. The molecule has 0 unspecified atom stereocenters. The van der Waals surface area contributed by atoms with Gasteiger partial charge in [0.25, 0.3) is 5.91 Å². The maximum absolute atomic E-state index is 12.9. The van der Waals surface area contributed by atoms with E-state index in [1.165, 1.54) is 17.4 Å². The Bertz CT molecular complexity index is 1040. The lowest BCUT2D eigenvalue weighted by atomic mass is 9.95. The van der Waals surface area contributed by atoms with Crippen molar-refractivity contribution in [1.82, 2.24) is 4.98 Å². The number of nitriles is 1. The van der Waals surface area contributed by atoms with E-state index in [9.17, 15) is 23.2 Å². The molecule has 9 heteroatoms. The smallest absolute Gasteiger partial charge is 0.307 e. The van der Waals surface area contributed by atoms with E-state index in [0.29, 0.717) is 17.8 Å². The largest absolute Gasteiger partial charge is 0.416 e. The Hall–Kier alpha value is -3.54. The summed E-state index contributed by atoms with van der Waals surface area (Å²) in [6.07, 6.45) is 0.399. The predicted octanol–water partition coefficient (Wildman–Crippen LogP) is 5.21. The zero-order valence-corrected chi connectivity index (χ0v) is 19.5. The number of amides is 1. The van der Waals surface area contributed by atoms with E-state index in [2.05, 4.69) is 24.9 Å². The van der Waals surface area contributed by atoms with Gasteiger partial charge in [-0.05, 0) is 67.1 Å². The number of hydrogen-bond acceptors (Lipinski definition) is 5. The Balaban J connectivity index is 0.000000750. The average molecular weight is 476 g/mol. The summed E-state index contributed by atoms with van der Waals surface area (Å²) in [5, 5.41) is 9.33. The van der Waals surface area contributed by atoms with Crippen LogP contribution in [-0.4, -0.2) is 31.0 Å².